The van der Waals surface area contributed by atoms with Crippen LogP contribution in [-0.2, 0) is 0 Å². The highest BCUT2D eigenvalue weighted by atomic mass is 79.9. The van der Waals surface area contributed by atoms with E-state index in [0.29, 0.717) is 0 Å². The molecule has 0 fully saturated rings. The molecule has 0 saturated carbocycles. The summed E-state index contributed by atoms with van der Waals surface area (Å²) in [6.07, 6.45) is -2.44. The minimum atomic E-state index is -2.44. The van der Waals surface area contributed by atoms with Crippen LogP contribution in [0.1, 0.15) is 17.8 Å². The summed E-state index contributed by atoms with van der Waals surface area (Å²) in [7, 11) is 0. The van der Waals surface area contributed by atoms with E-state index in [1.54, 1.807) is 6.92 Å². The molecule has 1 rings (SSSR count). The Hall–Kier alpha value is -0.0800. The van der Waals surface area contributed by atoms with Crippen molar-refractivity contribution in [1.82, 2.24) is 4.90 Å². The normalized spacial score (nSPS) is 15.3. The number of nitrogens with two attached hydrogens (primary N) is 1. The number of aliphatic hydroxyl groups excluding tert-OH is 1. The number of rotatable bonds is 7. The molecular formula is C11H17BrF2N2OS. The van der Waals surface area contributed by atoms with Crippen LogP contribution in [0.4, 0.5) is 8.78 Å². The number of halogens is 3. The number of hydrogen-bond acceptors (Lipinski definition) is 4. The smallest absolute Gasteiger partial charge is 0.251 e. The average molecular weight is 343 g/mol. The molecule has 0 aliphatic rings. The Morgan fingerprint density at radius 1 is 1.56 bits per heavy atom. The molecule has 3 nitrogen and oxygen atoms in total. The zero-order valence-electron chi connectivity index (χ0n) is 10.0. The molecule has 1 heterocycles. The Morgan fingerprint density at radius 3 is 2.61 bits per heavy atom. The van der Waals surface area contributed by atoms with Crippen LogP contribution in [0.3, 0.4) is 0 Å². The van der Waals surface area contributed by atoms with Gasteiger partial charge < -0.3 is 10.8 Å². The highest BCUT2D eigenvalue weighted by molar-refractivity contribution is 9.10. The predicted octanol–water partition coefficient (Wildman–Crippen LogP) is 2.46. The van der Waals surface area contributed by atoms with Gasteiger partial charge in [-0.3, -0.25) is 4.90 Å². The molecular weight excluding hydrogens is 326 g/mol. The van der Waals surface area contributed by atoms with Gasteiger partial charge in [-0.15, -0.1) is 11.3 Å². The van der Waals surface area contributed by atoms with Crippen molar-refractivity contribution in [2.45, 2.75) is 25.4 Å². The predicted molar refractivity (Wildman–Crippen MR) is 73.1 cm³/mol. The van der Waals surface area contributed by atoms with Crippen LogP contribution in [0.5, 0.6) is 0 Å². The standard InChI is InChI=1S/C11H17BrF2N2OS/c1-7(15)11(9-4-8(12)6-18-9)16(2-3-17)5-10(13)14/h4,6-7,10-11,17H,2-3,5,15H2,1H3. The van der Waals surface area contributed by atoms with Crippen molar-refractivity contribution < 1.29 is 13.9 Å². The summed E-state index contributed by atoms with van der Waals surface area (Å²) in [6.45, 7) is 1.42. The molecule has 0 spiro atoms. The molecule has 0 radical (unpaired) electrons. The average Bonchev–Trinajstić information content (AvgIpc) is 2.63. The summed E-state index contributed by atoms with van der Waals surface area (Å²) in [5.41, 5.74) is 5.91. The van der Waals surface area contributed by atoms with E-state index in [1.807, 2.05) is 11.4 Å². The summed E-state index contributed by atoms with van der Waals surface area (Å²) in [6, 6.07) is 1.29. The number of hydrogen-bond donors (Lipinski definition) is 2. The van der Waals surface area contributed by atoms with Crippen molar-refractivity contribution in [3.05, 3.63) is 20.8 Å². The Bertz CT molecular complexity index is 363. The molecule has 18 heavy (non-hydrogen) atoms. The first-order valence-corrected chi connectivity index (χ1v) is 7.25. The monoisotopic (exact) mass is 342 g/mol. The fourth-order valence-corrected chi connectivity index (χ4v) is 3.60. The molecule has 2 unspecified atom stereocenters. The zero-order valence-corrected chi connectivity index (χ0v) is 12.4. The lowest BCUT2D eigenvalue weighted by atomic mass is 10.1. The van der Waals surface area contributed by atoms with E-state index in [4.69, 9.17) is 10.8 Å². The lowest BCUT2D eigenvalue weighted by Crippen LogP contribution is -2.42. The van der Waals surface area contributed by atoms with Crippen molar-refractivity contribution >= 4 is 27.3 Å². The molecule has 1 aromatic heterocycles. The molecule has 0 aliphatic carbocycles. The van der Waals surface area contributed by atoms with Gasteiger partial charge in [-0.25, -0.2) is 8.78 Å². The second kappa shape index (κ2) is 7.49. The van der Waals surface area contributed by atoms with E-state index in [1.165, 1.54) is 16.2 Å². The maximum absolute atomic E-state index is 12.6. The number of aliphatic hydroxyl groups is 1. The highest BCUT2D eigenvalue weighted by Gasteiger charge is 2.27. The van der Waals surface area contributed by atoms with Crippen molar-refractivity contribution in [2.24, 2.45) is 5.73 Å². The van der Waals surface area contributed by atoms with Gasteiger partial charge in [-0.2, -0.15) is 0 Å². The molecule has 0 aliphatic heterocycles. The first-order chi connectivity index (χ1) is 8.45. The fourth-order valence-electron chi connectivity index (χ4n) is 1.90. The molecule has 104 valence electrons. The molecule has 0 bridgehead atoms. The third kappa shape index (κ3) is 4.55. The SMILES string of the molecule is CC(N)C(c1cc(Br)cs1)N(CCO)CC(F)F. The fraction of sp³-hybridized carbons (Fsp3) is 0.636. The molecule has 2 atom stereocenters. The van der Waals surface area contributed by atoms with Gasteiger partial charge >= 0.3 is 0 Å². The minimum absolute atomic E-state index is 0.164. The number of alkyl halides is 2. The Balaban J connectivity index is 2.92. The second-order valence-electron chi connectivity index (χ2n) is 4.08. The van der Waals surface area contributed by atoms with Crippen LogP contribution in [0.2, 0.25) is 0 Å². The minimum Gasteiger partial charge on any atom is -0.395 e. The molecule has 0 aromatic carbocycles. The van der Waals surface area contributed by atoms with Crippen LogP contribution < -0.4 is 5.73 Å². The molecule has 1 aromatic rings. The third-order valence-corrected chi connectivity index (χ3v) is 4.29. The lowest BCUT2D eigenvalue weighted by Gasteiger charge is -2.32. The Kier molecular flexibility index (Phi) is 6.65. The first-order valence-electron chi connectivity index (χ1n) is 5.58. The van der Waals surface area contributed by atoms with Gasteiger partial charge in [0.25, 0.3) is 6.43 Å². The lowest BCUT2D eigenvalue weighted by molar-refractivity contribution is 0.0496. The van der Waals surface area contributed by atoms with Crippen LogP contribution >= 0.6 is 27.3 Å². The van der Waals surface area contributed by atoms with Crippen LogP contribution in [0, 0.1) is 0 Å². The molecule has 3 N–H and O–H groups in total. The summed E-state index contributed by atoms with van der Waals surface area (Å²) in [5, 5.41) is 10.9. The van der Waals surface area contributed by atoms with Crippen molar-refractivity contribution in [2.75, 3.05) is 19.7 Å². The van der Waals surface area contributed by atoms with Gasteiger partial charge in [-0.05, 0) is 28.9 Å². The Morgan fingerprint density at radius 2 is 2.22 bits per heavy atom. The molecule has 7 heteroatoms. The number of thiophene rings is 1. The van der Waals surface area contributed by atoms with E-state index < -0.39 is 6.43 Å². The van der Waals surface area contributed by atoms with Gasteiger partial charge in [-0.1, -0.05) is 0 Å². The summed E-state index contributed by atoms with van der Waals surface area (Å²) < 4.78 is 26.1. The topological polar surface area (TPSA) is 49.5 Å². The van der Waals surface area contributed by atoms with Gasteiger partial charge in [0.15, 0.2) is 0 Å². The van der Waals surface area contributed by atoms with Crippen LogP contribution in [0.15, 0.2) is 15.9 Å². The van der Waals surface area contributed by atoms with E-state index in [9.17, 15) is 8.78 Å². The van der Waals surface area contributed by atoms with Crippen LogP contribution in [0.25, 0.3) is 0 Å². The third-order valence-electron chi connectivity index (χ3n) is 2.53. The first kappa shape index (κ1) is 16.0. The van der Waals surface area contributed by atoms with E-state index >= 15 is 0 Å². The second-order valence-corrected chi connectivity index (χ2v) is 5.94. The van der Waals surface area contributed by atoms with Crippen molar-refractivity contribution in [1.29, 1.82) is 0 Å². The van der Waals surface area contributed by atoms with Gasteiger partial charge in [0.05, 0.1) is 19.2 Å². The largest absolute Gasteiger partial charge is 0.395 e. The molecule has 0 amide bonds. The summed E-state index contributed by atoms with van der Waals surface area (Å²) in [5.74, 6) is 0. The van der Waals surface area contributed by atoms with Gasteiger partial charge in [0.2, 0.25) is 0 Å². The van der Waals surface area contributed by atoms with E-state index in [2.05, 4.69) is 15.9 Å². The number of nitrogens with zero attached hydrogens (tertiary/aromatic N) is 1. The summed E-state index contributed by atoms with van der Waals surface area (Å²) >= 11 is 4.81. The maximum Gasteiger partial charge on any atom is 0.251 e. The quantitative estimate of drug-likeness (QED) is 0.800. The van der Waals surface area contributed by atoms with Crippen LogP contribution in [-0.4, -0.2) is 42.2 Å². The zero-order chi connectivity index (χ0) is 13.7. The van der Waals surface area contributed by atoms with Crippen molar-refractivity contribution in [3.8, 4) is 0 Å². The highest BCUT2D eigenvalue weighted by Crippen LogP contribution is 2.31. The molecule has 0 saturated heterocycles. The van der Waals surface area contributed by atoms with Gasteiger partial charge in [0.1, 0.15) is 0 Å². The van der Waals surface area contributed by atoms with E-state index in [-0.39, 0.29) is 31.8 Å². The van der Waals surface area contributed by atoms with Crippen molar-refractivity contribution in [3.63, 3.8) is 0 Å². The van der Waals surface area contributed by atoms with E-state index in [0.717, 1.165) is 9.35 Å². The Labute approximate surface area is 118 Å². The maximum atomic E-state index is 12.6. The van der Waals surface area contributed by atoms with Gasteiger partial charge in [0, 0.05) is 27.3 Å². The summed E-state index contributed by atoms with van der Waals surface area (Å²) in [4.78, 5) is 2.46.